The summed E-state index contributed by atoms with van der Waals surface area (Å²) in [5, 5.41) is 0.583. The van der Waals surface area contributed by atoms with Crippen LogP contribution in [0.15, 0.2) is 48.5 Å². The van der Waals surface area contributed by atoms with Crippen LogP contribution in [0.1, 0.15) is 5.56 Å². The Morgan fingerprint density at radius 3 is 2.70 bits per heavy atom. The topological polar surface area (TPSA) is 35.5 Å². The van der Waals surface area contributed by atoms with Gasteiger partial charge in [0, 0.05) is 17.0 Å². The van der Waals surface area contributed by atoms with Crippen molar-refractivity contribution in [2.75, 3.05) is 13.7 Å². The molecule has 2 rings (SSSR count). The minimum absolute atomic E-state index is 0.0123. The second-order valence-electron chi connectivity index (χ2n) is 4.27. The lowest BCUT2D eigenvalue weighted by atomic mass is 10.1. The van der Waals surface area contributed by atoms with Crippen LogP contribution in [0.3, 0.4) is 0 Å². The van der Waals surface area contributed by atoms with Crippen molar-refractivity contribution < 1.29 is 14.3 Å². The molecule has 0 N–H and O–H groups in total. The third-order valence-corrected chi connectivity index (χ3v) is 3.01. The summed E-state index contributed by atoms with van der Waals surface area (Å²) in [5.74, 6) is 1.28. The Labute approximate surface area is 123 Å². The molecule has 0 spiro atoms. The van der Waals surface area contributed by atoms with Gasteiger partial charge in [0.25, 0.3) is 0 Å². The Bertz CT molecular complexity index is 596. The van der Waals surface area contributed by atoms with Gasteiger partial charge >= 0.3 is 0 Å². The fraction of sp³-hybridized carbons (Fsp3) is 0.188. The molecule has 0 aliphatic carbocycles. The van der Waals surface area contributed by atoms with Crippen molar-refractivity contribution >= 4 is 17.4 Å². The molecule has 3 nitrogen and oxygen atoms in total. The van der Waals surface area contributed by atoms with Crippen molar-refractivity contribution in [2.24, 2.45) is 0 Å². The molecule has 2 aromatic carbocycles. The highest BCUT2D eigenvalue weighted by Gasteiger charge is 2.09. The zero-order valence-corrected chi connectivity index (χ0v) is 11.9. The van der Waals surface area contributed by atoms with Crippen LogP contribution >= 0.6 is 11.6 Å². The first-order valence-electron chi connectivity index (χ1n) is 6.21. The molecule has 20 heavy (non-hydrogen) atoms. The molecule has 104 valence electrons. The van der Waals surface area contributed by atoms with Gasteiger partial charge in [-0.2, -0.15) is 0 Å². The molecule has 0 saturated heterocycles. The minimum Gasteiger partial charge on any atom is -0.496 e. The fourth-order valence-corrected chi connectivity index (χ4v) is 2.01. The van der Waals surface area contributed by atoms with Crippen LogP contribution in [0, 0.1) is 0 Å². The number of rotatable bonds is 6. The van der Waals surface area contributed by atoms with E-state index in [0.717, 1.165) is 5.56 Å². The van der Waals surface area contributed by atoms with Gasteiger partial charge in [0.15, 0.2) is 5.78 Å². The van der Waals surface area contributed by atoms with Gasteiger partial charge in [-0.05, 0) is 24.3 Å². The number of methoxy groups -OCH3 is 1. The first kappa shape index (κ1) is 14.4. The molecule has 0 aliphatic rings. The number of benzene rings is 2. The fourth-order valence-electron chi connectivity index (χ4n) is 1.83. The van der Waals surface area contributed by atoms with E-state index in [-0.39, 0.29) is 18.8 Å². The predicted molar refractivity (Wildman–Crippen MR) is 78.7 cm³/mol. The van der Waals surface area contributed by atoms with Crippen molar-refractivity contribution in [3.8, 4) is 11.5 Å². The smallest absolute Gasteiger partial charge is 0.174 e. The summed E-state index contributed by atoms with van der Waals surface area (Å²) in [4.78, 5) is 11.9. The van der Waals surface area contributed by atoms with Gasteiger partial charge in [-0.1, -0.05) is 35.9 Å². The summed E-state index contributed by atoms with van der Waals surface area (Å²) in [7, 11) is 1.59. The number of ketones is 1. The molecule has 0 radical (unpaired) electrons. The maximum atomic E-state index is 11.9. The van der Waals surface area contributed by atoms with E-state index in [0.29, 0.717) is 16.5 Å². The van der Waals surface area contributed by atoms with E-state index in [1.807, 2.05) is 24.3 Å². The molecule has 0 unspecified atom stereocenters. The first-order valence-corrected chi connectivity index (χ1v) is 6.59. The lowest BCUT2D eigenvalue weighted by Crippen LogP contribution is -2.14. The van der Waals surface area contributed by atoms with Crippen LogP contribution in [0.25, 0.3) is 0 Å². The number of carbonyl (C=O) groups is 1. The Hall–Kier alpha value is -2.00. The third kappa shape index (κ3) is 4.00. The summed E-state index contributed by atoms with van der Waals surface area (Å²) in [6.07, 6.45) is 0.282. The molecule has 0 bridgehead atoms. The molecule has 0 amide bonds. The molecule has 0 saturated carbocycles. The van der Waals surface area contributed by atoms with E-state index in [9.17, 15) is 4.79 Å². The van der Waals surface area contributed by atoms with Crippen LogP contribution < -0.4 is 9.47 Å². The summed E-state index contributed by atoms with van der Waals surface area (Å²) in [6, 6.07) is 14.4. The minimum atomic E-state index is -0.0190. The maximum Gasteiger partial charge on any atom is 0.174 e. The normalized spacial score (nSPS) is 10.1. The van der Waals surface area contributed by atoms with E-state index in [1.54, 1.807) is 31.4 Å². The Kier molecular flexibility index (Phi) is 5.02. The van der Waals surface area contributed by atoms with Crippen molar-refractivity contribution in [1.29, 1.82) is 0 Å². The van der Waals surface area contributed by atoms with Crippen molar-refractivity contribution in [3.63, 3.8) is 0 Å². The zero-order chi connectivity index (χ0) is 14.4. The van der Waals surface area contributed by atoms with E-state index in [4.69, 9.17) is 21.1 Å². The second kappa shape index (κ2) is 6.96. The highest BCUT2D eigenvalue weighted by molar-refractivity contribution is 6.30. The summed E-state index contributed by atoms with van der Waals surface area (Å²) >= 11 is 5.85. The standard InChI is InChI=1S/C16H15ClO3/c1-19-16-8-3-2-5-12(16)9-14(18)11-20-15-7-4-6-13(17)10-15/h2-8,10H,9,11H2,1H3. The van der Waals surface area contributed by atoms with Gasteiger partial charge in [-0.3, -0.25) is 4.79 Å². The number of halogens is 1. The van der Waals surface area contributed by atoms with Crippen molar-refractivity contribution in [2.45, 2.75) is 6.42 Å². The number of carbonyl (C=O) groups excluding carboxylic acids is 1. The Morgan fingerprint density at radius 2 is 1.95 bits per heavy atom. The van der Waals surface area contributed by atoms with Crippen LogP contribution in [0.2, 0.25) is 5.02 Å². The average molecular weight is 291 g/mol. The van der Waals surface area contributed by atoms with Crippen LogP contribution in [-0.4, -0.2) is 19.5 Å². The number of para-hydroxylation sites is 1. The summed E-state index contributed by atoms with van der Waals surface area (Å²) in [6.45, 7) is 0.0123. The molecule has 0 heterocycles. The summed E-state index contributed by atoms with van der Waals surface area (Å²) < 4.78 is 10.6. The van der Waals surface area contributed by atoms with Gasteiger partial charge in [0.1, 0.15) is 18.1 Å². The Balaban J connectivity index is 1.93. The first-order chi connectivity index (χ1) is 9.69. The zero-order valence-electron chi connectivity index (χ0n) is 11.1. The number of Topliss-reactive ketones (excluding diaryl/α,β-unsaturated/α-hetero) is 1. The summed E-state index contributed by atoms with van der Waals surface area (Å²) in [5.41, 5.74) is 0.856. The van der Waals surface area contributed by atoms with Gasteiger partial charge in [-0.15, -0.1) is 0 Å². The SMILES string of the molecule is COc1ccccc1CC(=O)COc1cccc(Cl)c1. The van der Waals surface area contributed by atoms with E-state index >= 15 is 0 Å². The molecule has 4 heteroatoms. The quantitative estimate of drug-likeness (QED) is 0.816. The molecular formula is C16H15ClO3. The van der Waals surface area contributed by atoms with Crippen LogP contribution in [0.5, 0.6) is 11.5 Å². The number of ether oxygens (including phenoxy) is 2. The second-order valence-corrected chi connectivity index (χ2v) is 4.71. The maximum absolute atomic E-state index is 11.9. The van der Waals surface area contributed by atoms with E-state index < -0.39 is 0 Å². The van der Waals surface area contributed by atoms with Crippen molar-refractivity contribution in [3.05, 3.63) is 59.1 Å². The van der Waals surface area contributed by atoms with E-state index in [2.05, 4.69) is 0 Å². The van der Waals surface area contributed by atoms with Gasteiger partial charge < -0.3 is 9.47 Å². The highest BCUT2D eigenvalue weighted by Crippen LogP contribution is 2.19. The largest absolute Gasteiger partial charge is 0.496 e. The average Bonchev–Trinajstić information content (AvgIpc) is 2.46. The van der Waals surface area contributed by atoms with Crippen LogP contribution in [0.4, 0.5) is 0 Å². The monoisotopic (exact) mass is 290 g/mol. The van der Waals surface area contributed by atoms with Gasteiger partial charge in [0.05, 0.1) is 7.11 Å². The van der Waals surface area contributed by atoms with Crippen LogP contribution in [-0.2, 0) is 11.2 Å². The predicted octanol–water partition coefficient (Wildman–Crippen LogP) is 3.54. The molecule has 0 aliphatic heterocycles. The Morgan fingerprint density at radius 1 is 1.15 bits per heavy atom. The lowest BCUT2D eigenvalue weighted by molar-refractivity contribution is -0.120. The lowest BCUT2D eigenvalue weighted by Gasteiger charge is -2.08. The molecule has 0 fully saturated rings. The number of hydrogen-bond donors (Lipinski definition) is 0. The van der Waals surface area contributed by atoms with Gasteiger partial charge in [-0.25, -0.2) is 0 Å². The van der Waals surface area contributed by atoms with Gasteiger partial charge in [0.2, 0.25) is 0 Å². The molecular weight excluding hydrogens is 276 g/mol. The molecule has 0 atom stereocenters. The highest BCUT2D eigenvalue weighted by atomic mass is 35.5. The van der Waals surface area contributed by atoms with Crippen molar-refractivity contribution in [1.82, 2.24) is 0 Å². The molecule has 2 aromatic rings. The third-order valence-electron chi connectivity index (χ3n) is 2.78. The number of hydrogen-bond acceptors (Lipinski definition) is 3. The molecule has 0 aromatic heterocycles. The van der Waals surface area contributed by atoms with E-state index in [1.165, 1.54) is 0 Å².